The smallest absolute Gasteiger partial charge is 0.326 e. The zero-order chi connectivity index (χ0) is 30.1. The van der Waals surface area contributed by atoms with Gasteiger partial charge in [-0.2, -0.15) is 0 Å². The van der Waals surface area contributed by atoms with Gasteiger partial charge >= 0.3 is 5.97 Å². The number of carboxylic acid groups (broad SMARTS) is 1. The van der Waals surface area contributed by atoms with Gasteiger partial charge in [0, 0.05) is 30.2 Å². The van der Waals surface area contributed by atoms with Crippen LogP contribution in [0.15, 0.2) is 35.5 Å². The molecule has 2 aromatic rings. The van der Waals surface area contributed by atoms with Crippen LogP contribution >= 0.6 is 0 Å². The van der Waals surface area contributed by atoms with E-state index in [-0.39, 0.29) is 31.3 Å². The number of aromatic amines is 1. The second-order valence-electron chi connectivity index (χ2n) is 10.6. The van der Waals surface area contributed by atoms with E-state index in [1.54, 1.807) is 0 Å². The number of nitrogens with zero attached hydrogens (tertiary/aromatic N) is 2. The molecule has 1 aliphatic heterocycles. The summed E-state index contributed by atoms with van der Waals surface area (Å²) in [5.41, 5.74) is 18.9. The van der Waals surface area contributed by atoms with E-state index in [0.717, 1.165) is 16.5 Å². The van der Waals surface area contributed by atoms with Crippen LogP contribution in [0.3, 0.4) is 0 Å². The third-order valence-corrected chi connectivity index (χ3v) is 7.63. The Morgan fingerprint density at radius 3 is 2.59 bits per heavy atom. The second kappa shape index (κ2) is 14.5. The Kier molecular flexibility index (Phi) is 11.1. The molecule has 10 N–H and O–H groups in total. The summed E-state index contributed by atoms with van der Waals surface area (Å²) in [5.74, 6) is -2.96. The van der Waals surface area contributed by atoms with Crippen molar-refractivity contribution in [3.8, 4) is 0 Å². The van der Waals surface area contributed by atoms with E-state index in [9.17, 15) is 24.3 Å². The molecule has 13 nitrogen and oxygen atoms in total. The summed E-state index contributed by atoms with van der Waals surface area (Å²) in [6.45, 7) is 4.25. The number of hydrogen-bond acceptors (Lipinski definition) is 6. The molecule has 0 saturated carbocycles. The third-order valence-electron chi connectivity index (χ3n) is 7.63. The maximum absolute atomic E-state index is 13.5. The van der Waals surface area contributed by atoms with Gasteiger partial charge in [0.1, 0.15) is 18.1 Å². The minimum Gasteiger partial charge on any atom is -0.480 e. The van der Waals surface area contributed by atoms with Crippen LogP contribution in [0.4, 0.5) is 0 Å². The monoisotopic (exact) mass is 570 g/mol. The minimum atomic E-state index is -1.07. The molecule has 5 atom stereocenters. The fourth-order valence-corrected chi connectivity index (χ4v) is 5.08. The number of aromatic nitrogens is 1. The Bertz CT molecular complexity index is 1260. The van der Waals surface area contributed by atoms with Crippen LogP contribution in [0.1, 0.15) is 51.5 Å². The Hall–Kier alpha value is -4.13. The highest BCUT2D eigenvalue weighted by atomic mass is 16.4. The van der Waals surface area contributed by atoms with Crippen molar-refractivity contribution in [1.82, 2.24) is 20.5 Å². The first-order valence-corrected chi connectivity index (χ1v) is 14.0. The molecule has 224 valence electrons. The molecule has 5 unspecified atom stereocenters. The van der Waals surface area contributed by atoms with Crippen molar-refractivity contribution in [1.29, 1.82) is 0 Å². The minimum absolute atomic E-state index is 0.0863. The first-order chi connectivity index (χ1) is 19.5. The number of amides is 3. The van der Waals surface area contributed by atoms with Gasteiger partial charge in [0.05, 0.1) is 6.04 Å². The van der Waals surface area contributed by atoms with Crippen molar-refractivity contribution in [2.24, 2.45) is 28.1 Å². The zero-order valence-electron chi connectivity index (χ0n) is 23.6. The number of likely N-dealkylation sites (tertiary alicyclic amines) is 1. The Balaban J connectivity index is 1.75. The standard InChI is InChI=1S/C28H42N8O5/c1-3-16(2)23(26(39)36-13-7-11-22(36)27(40)41)35-25(38)21(10-6-12-32-28(30)31)34-24(37)19(29)14-17-15-33-20-9-5-4-8-18(17)20/h4-5,8-9,15-16,19,21-23,33H,3,6-7,10-14,29H2,1-2H3,(H,34,37)(H,35,38)(H,40,41)(H4,30,31,32). The lowest BCUT2D eigenvalue weighted by molar-refractivity contribution is -0.150. The predicted octanol–water partition coefficient (Wildman–Crippen LogP) is 0.183. The number of nitrogens with one attached hydrogen (secondary N) is 3. The normalized spacial score (nSPS) is 17.8. The van der Waals surface area contributed by atoms with Gasteiger partial charge in [-0.15, -0.1) is 0 Å². The van der Waals surface area contributed by atoms with Crippen molar-refractivity contribution in [3.05, 3.63) is 36.0 Å². The summed E-state index contributed by atoms with van der Waals surface area (Å²) < 4.78 is 0. The number of carboxylic acids is 1. The molecule has 0 aliphatic carbocycles. The number of H-pyrrole nitrogens is 1. The molecular formula is C28H42N8O5. The molecule has 0 bridgehead atoms. The molecule has 1 saturated heterocycles. The number of aliphatic imine (C=N–C) groups is 1. The fraction of sp³-hybridized carbons (Fsp3) is 0.536. The van der Waals surface area contributed by atoms with Crippen LogP contribution in [0.25, 0.3) is 10.9 Å². The highest BCUT2D eigenvalue weighted by molar-refractivity contribution is 5.94. The maximum atomic E-state index is 13.5. The number of fused-ring (bicyclic) bond motifs is 1. The van der Waals surface area contributed by atoms with Gasteiger partial charge in [0.2, 0.25) is 17.7 Å². The van der Waals surface area contributed by atoms with Gasteiger partial charge < -0.3 is 42.8 Å². The highest BCUT2D eigenvalue weighted by Gasteiger charge is 2.40. The molecular weight excluding hydrogens is 528 g/mol. The summed E-state index contributed by atoms with van der Waals surface area (Å²) in [6.07, 6.45) is 4.13. The van der Waals surface area contributed by atoms with E-state index in [2.05, 4.69) is 20.6 Å². The first kappa shape index (κ1) is 31.4. The average Bonchev–Trinajstić information content (AvgIpc) is 3.60. The van der Waals surface area contributed by atoms with E-state index in [4.69, 9.17) is 17.2 Å². The molecule has 41 heavy (non-hydrogen) atoms. The molecule has 1 aromatic heterocycles. The van der Waals surface area contributed by atoms with Gasteiger partial charge in [0.15, 0.2) is 5.96 Å². The number of benzene rings is 1. The van der Waals surface area contributed by atoms with E-state index < -0.39 is 47.9 Å². The van der Waals surface area contributed by atoms with E-state index in [1.165, 1.54) is 4.90 Å². The summed E-state index contributed by atoms with van der Waals surface area (Å²) in [4.78, 5) is 60.3. The van der Waals surface area contributed by atoms with Gasteiger partial charge in [-0.05, 0) is 49.7 Å². The fourth-order valence-electron chi connectivity index (χ4n) is 5.08. The Morgan fingerprint density at radius 1 is 1.17 bits per heavy atom. The van der Waals surface area contributed by atoms with Crippen molar-refractivity contribution in [2.45, 2.75) is 76.5 Å². The van der Waals surface area contributed by atoms with E-state index >= 15 is 0 Å². The van der Waals surface area contributed by atoms with Crippen molar-refractivity contribution in [2.75, 3.05) is 13.1 Å². The number of guanidine groups is 1. The van der Waals surface area contributed by atoms with Gasteiger partial charge in [0.25, 0.3) is 0 Å². The molecule has 13 heteroatoms. The van der Waals surface area contributed by atoms with Gasteiger partial charge in [-0.3, -0.25) is 19.4 Å². The number of rotatable bonds is 14. The predicted molar refractivity (Wildman–Crippen MR) is 156 cm³/mol. The van der Waals surface area contributed by atoms with Crippen LogP contribution in [-0.4, -0.2) is 81.9 Å². The number of hydrogen-bond donors (Lipinski definition) is 7. The van der Waals surface area contributed by atoms with Crippen LogP contribution in [0.2, 0.25) is 0 Å². The van der Waals surface area contributed by atoms with Crippen LogP contribution in [0.5, 0.6) is 0 Å². The lowest BCUT2D eigenvalue weighted by Gasteiger charge is -2.31. The topological polar surface area (TPSA) is 222 Å². The largest absolute Gasteiger partial charge is 0.480 e. The molecule has 1 aliphatic rings. The summed E-state index contributed by atoms with van der Waals surface area (Å²) in [6, 6.07) is 3.84. The molecule has 0 spiro atoms. The van der Waals surface area contributed by atoms with Crippen LogP contribution < -0.4 is 27.8 Å². The lowest BCUT2D eigenvalue weighted by atomic mass is 9.96. The number of para-hydroxylation sites is 1. The molecule has 3 rings (SSSR count). The lowest BCUT2D eigenvalue weighted by Crippen LogP contribution is -2.58. The molecule has 0 radical (unpaired) electrons. The van der Waals surface area contributed by atoms with Crippen molar-refractivity contribution < 1.29 is 24.3 Å². The molecule has 2 heterocycles. The summed E-state index contributed by atoms with van der Waals surface area (Å²) >= 11 is 0. The summed E-state index contributed by atoms with van der Waals surface area (Å²) in [5, 5.41) is 16.1. The SMILES string of the molecule is CCC(C)C(NC(=O)C(CCCN=C(N)N)NC(=O)C(N)Cc1c[nH]c2ccccc12)C(=O)N1CCCC1C(=O)O. The Labute approximate surface area is 239 Å². The van der Waals surface area contributed by atoms with E-state index in [1.807, 2.05) is 44.3 Å². The van der Waals surface area contributed by atoms with Crippen LogP contribution in [0, 0.1) is 5.92 Å². The second-order valence-corrected chi connectivity index (χ2v) is 10.6. The number of nitrogens with two attached hydrogens (primary N) is 3. The highest BCUT2D eigenvalue weighted by Crippen LogP contribution is 2.22. The van der Waals surface area contributed by atoms with Gasteiger partial charge in [-0.1, -0.05) is 38.5 Å². The number of aliphatic carboxylic acids is 1. The number of carbonyl (C=O) groups is 4. The summed E-state index contributed by atoms with van der Waals surface area (Å²) in [7, 11) is 0. The van der Waals surface area contributed by atoms with E-state index in [0.29, 0.717) is 32.2 Å². The third kappa shape index (κ3) is 8.19. The Morgan fingerprint density at radius 2 is 1.90 bits per heavy atom. The van der Waals surface area contributed by atoms with Gasteiger partial charge in [-0.25, -0.2) is 4.79 Å². The molecule has 3 amide bonds. The van der Waals surface area contributed by atoms with Crippen molar-refractivity contribution >= 4 is 40.6 Å². The number of carbonyl (C=O) groups excluding carboxylic acids is 3. The zero-order valence-corrected chi connectivity index (χ0v) is 23.6. The maximum Gasteiger partial charge on any atom is 0.326 e. The average molecular weight is 571 g/mol. The van der Waals surface area contributed by atoms with Crippen LogP contribution in [-0.2, 0) is 25.6 Å². The van der Waals surface area contributed by atoms with Crippen molar-refractivity contribution in [3.63, 3.8) is 0 Å². The first-order valence-electron chi connectivity index (χ1n) is 14.0. The quantitative estimate of drug-likeness (QED) is 0.0940. The molecule has 1 fully saturated rings. The molecule has 1 aromatic carbocycles.